The molecule has 0 atom stereocenters. The van der Waals surface area contributed by atoms with Crippen LogP contribution in [0.25, 0.3) is 0 Å². The SMILES string of the molecule is CN(CC1CCCCC1)C(=O)c1c(F)ccc(N)c1F. The molecule has 1 aromatic carbocycles. The van der Waals surface area contributed by atoms with E-state index in [0.29, 0.717) is 12.5 Å². The normalized spacial score (nSPS) is 16.1. The van der Waals surface area contributed by atoms with Crippen molar-refractivity contribution in [2.75, 3.05) is 19.3 Å². The molecule has 0 unspecified atom stereocenters. The van der Waals surface area contributed by atoms with Gasteiger partial charge in [0.25, 0.3) is 5.91 Å². The molecule has 110 valence electrons. The second kappa shape index (κ2) is 6.20. The molecular weight excluding hydrogens is 262 g/mol. The topological polar surface area (TPSA) is 46.3 Å². The lowest BCUT2D eigenvalue weighted by Crippen LogP contribution is -2.33. The van der Waals surface area contributed by atoms with Crippen molar-refractivity contribution in [1.82, 2.24) is 4.90 Å². The van der Waals surface area contributed by atoms with Crippen LogP contribution in [0.5, 0.6) is 0 Å². The van der Waals surface area contributed by atoms with Crippen molar-refractivity contribution < 1.29 is 13.6 Å². The molecule has 2 N–H and O–H groups in total. The average Bonchev–Trinajstić information content (AvgIpc) is 2.44. The van der Waals surface area contributed by atoms with Crippen LogP contribution in [0.2, 0.25) is 0 Å². The first-order chi connectivity index (χ1) is 9.50. The maximum Gasteiger partial charge on any atom is 0.259 e. The van der Waals surface area contributed by atoms with Crippen molar-refractivity contribution in [2.45, 2.75) is 32.1 Å². The van der Waals surface area contributed by atoms with E-state index < -0.39 is 23.1 Å². The summed E-state index contributed by atoms with van der Waals surface area (Å²) in [5.41, 5.74) is 4.64. The molecule has 1 aromatic rings. The molecule has 3 nitrogen and oxygen atoms in total. The lowest BCUT2D eigenvalue weighted by Gasteiger charge is -2.27. The Labute approximate surface area is 117 Å². The number of amides is 1. The molecule has 1 aliphatic carbocycles. The third-order valence-electron chi connectivity index (χ3n) is 3.94. The summed E-state index contributed by atoms with van der Waals surface area (Å²) in [6.07, 6.45) is 5.69. The van der Waals surface area contributed by atoms with Crippen molar-refractivity contribution in [3.8, 4) is 0 Å². The Morgan fingerprint density at radius 1 is 1.30 bits per heavy atom. The van der Waals surface area contributed by atoms with Crippen LogP contribution in [-0.2, 0) is 0 Å². The summed E-state index contributed by atoms with van der Waals surface area (Å²) >= 11 is 0. The van der Waals surface area contributed by atoms with Gasteiger partial charge in [-0.05, 0) is 30.9 Å². The van der Waals surface area contributed by atoms with Crippen LogP contribution in [0.4, 0.5) is 14.5 Å². The van der Waals surface area contributed by atoms with E-state index in [1.807, 2.05) is 0 Å². The first kappa shape index (κ1) is 14.8. The molecule has 0 heterocycles. The quantitative estimate of drug-likeness (QED) is 0.865. The number of nitrogens with two attached hydrogens (primary N) is 1. The monoisotopic (exact) mass is 282 g/mol. The summed E-state index contributed by atoms with van der Waals surface area (Å²) in [4.78, 5) is 13.6. The summed E-state index contributed by atoms with van der Waals surface area (Å²) in [5.74, 6) is -2.05. The Morgan fingerprint density at radius 2 is 1.95 bits per heavy atom. The molecule has 20 heavy (non-hydrogen) atoms. The number of anilines is 1. The molecule has 1 fully saturated rings. The molecule has 1 saturated carbocycles. The summed E-state index contributed by atoms with van der Waals surface area (Å²) in [6.45, 7) is 0.534. The van der Waals surface area contributed by atoms with Crippen LogP contribution in [0.1, 0.15) is 42.5 Å². The minimum Gasteiger partial charge on any atom is -0.396 e. The number of hydrogen-bond donors (Lipinski definition) is 1. The second-order valence-corrected chi connectivity index (χ2v) is 5.52. The Morgan fingerprint density at radius 3 is 2.60 bits per heavy atom. The molecule has 0 radical (unpaired) electrons. The highest BCUT2D eigenvalue weighted by Crippen LogP contribution is 2.25. The summed E-state index contributed by atoms with van der Waals surface area (Å²) in [7, 11) is 1.58. The molecule has 0 bridgehead atoms. The zero-order valence-electron chi connectivity index (χ0n) is 11.7. The molecule has 1 amide bonds. The van der Waals surface area contributed by atoms with Crippen molar-refractivity contribution in [2.24, 2.45) is 5.92 Å². The largest absolute Gasteiger partial charge is 0.396 e. The Bertz CT molecular complexity index is 499. The average molecular weight is 282 g/mol. The van der Waals surface area contributed by atoms with Crippen LogP contribution < -0.4 is 5.73 Å². The molecule has 5 heteroatoms. The van der Waals surface area contributed by atoms with Crippen LogP contribution in [0, 0.1) is 17.6 Å². The molecule has 0 aromatic heterocycles. The van der Waals surface area contributed by atoms with E-state index in [1.165, 1.54) is 11.3 Å². The number of carbonyl (C=O) groups excluding carboxylic acids is 1. The molecule has 2 rings (SSSR count). The zero-order valence-corrected chi connectivity index (χ0v) is 11.7. The van der Waals surface area contributed by atoms with Gasteiger partial charge in [-0.25, -0.2) is 8.78 Å². The highest BCUT2D eigenvalue weighted by molar-refractivity contribution is 5.95. The minimum atomic E-state index is -0.967. The number of nitrogen functional groups attached to an aromatic ring is 1. The second-order valence-electron chi connectivity index (χ2n) is 5.52. The van der Waals surface area contributed by atoms with Gasteiger partial charge in [0.1, 0.15) is 11.4 Å². The fourth-order valence-corrected chi connectivity index (χ4v) is 2.80. The molecule has 0 saturated heterocycles. The van der Waals surface area contributed by atoms with Crippen LogP contribution in [0.3, 0.4) is 0 Å². The van der Waals surface area contributed by atoms with E-state index in [1.54, 1.807) is 7.05 Å². The van der Waals surface area contributed by atoms with E-state index >= 15 is 0 Å². The Kier molecular flexibility index (Phi) is 4.57. The summed E-state index contributed by atoms with van der Waals surface area (Å²) in [5, 5.41) is 0. The van der Waals surface area contributed by atoms with Crippen LogP contribution in [0.15, 0.2) is 12.1 Å². The minimum absolute atomic E-state index is 0.208. The van der Waals surface area contributed by atoms with Gasteiger partial charge in [-0.1, -0.05) is 19.3 Å². The summed E-state index contributed by atoms with van der Waals surface area (Å²) < 4.78 is 27.5. The van der Waals surface area contributed by atoms with Gasteiger partial charge in [-0.2, -0.15) is 0 Å². The third-order valence-corrected chi connectivity index (χ3v) is 3.94. The van der Waals surface area contributed by atoms with Crippen molar-refractivity contribution in [3.05, 3.63) is 29.3 Å². The third kappa shape index (κ3) is 3.08. The van der Waals surface area contributed by atoms with E-state index in [9.17, 15) is 13.6 Å². The van der Waals surface area contributed by atoms with Gasteiger partial charge in [0.05, 0.1) is 5.69 Å². The lowest BCUT2D eigenvalue weighted by molar-refractivity contribution is 0.0751. The number of benzene rings is 1. The molecular formula is C15H20F2N2O. The molecule has 0 spiro atoms. The Balaban J connectivity index is 2.12. The van der Waals surface area contributed by atoms with Crippen molar-refractivity contribution in [1.29, 1.82) is 0 Å². The molecule has 0 aliphatic heterocycles. The van der Waals surface area contributed by atoms with Gasteiger partial charge in [0.2, 0.25) is 0 Å². The number of carbonyl (C=O) groups is 1. The zero-order chi connectivity index (χ0) is 14.7. The maximum absolute atomic E-state index is 13.8. The number of hydrogen-bond acceptors (Lipinski definition) is 2. The van der Waals surface area contributed by atoms with Crippen molar-refractivity contribution >= 4 is 11.6 Å². The predicted octanol–water partition coefficient (Wildman–Crippen LogP) is 3.20. The van der Waals surface area contributed by atoms with Crippen molar-refractivity contribution in [3.63, 3.8) is 0 Å². The van der Waals surface area contributed by atoms with Gasteiger partial charge in [-0.15, -0.1) is 0 Å². The number of rotatable bonds is 3. The highest BCUT2D eigenvalue weighted by atomic mass is 19.1. The van der Waals surface area contributed by atoms with E-state index in [4.69, 9.17) is 5.73 Å². The standard InChI is InChI=1S/C15H20F2N2O/c1-19(9-10-5-3-2-4-6-10)15(20)13-11(16)7-8-12(18)14(13)17/h7-8,10H,2-6,9,18H2,1H3. The molecule has 1 aliphatic rings. The van der Waals surface area contributed by atoms with Crippen LogP contribution >= 0.6 is 0 Å². The fraction of sp³-hybridized carbons (Fsp3) is 0.533. The fourth-order valence-electron chi connectivity index (χ4n) is 2.80. The summed E-state index contributed by atoms with van der Waals surface area (Å²) in [6, 6.07) is 2.16. The Hall–Kier alpha value is -1.65. The first-order valence-electron chi connectivity index (χ1n) is 6.99. The van der Waals surface area contributed by atoms with Crippen LogP contribution in [-0.4, -0.2) is 24.4 Å². The van der Waals surface area contributed by atoms with Gasteiger partial charge in [0.15, 0.2) is 5.82 Å². The van der Waals surface area contributed by atoms with E-state index in [0.717, 1.165) is 37.8 Å². The van der Waals surface area contributed by atoms with E-state index in [-0.39, 0.29) is 5.69 Å². The van der Waals surface area contributed by atoms with Gasteiger partial charge >= 0.3 is 0 Å². The lowest BCUT2D eigenvalue weighted by atomic mass is 9.89. The number of halogens is 2. The smallest absolute Gasteiger partial charge is 0.259 e. The first-order valence-corrected chi connectivity index (χ1v) is 6.99. The van der Waals surface area contributed by atoms with Gasteiger partial charge < -0.3 is 10.6 Å². The highest BCUT2D eigenvalue weighted by Gasteiger charge is 2.25. The predicted molar refractivity (Wildman–Crippen MR) is 74.3 cm³/mol. The van der Waals surface area contributed by atoms with E-state index in [2.05, 4.69) is 0 Å². The maximum atomic E-state index is 13.8. The van der Waals surface area contributed by atoms with Gasteiger partial charge in [0, 0.05) is 13.6 Å². The number of nitrogens with zero attached hydrogens (tertiary/aromatic N) is 1. The van der Waals surface area contributed by atoms with Gasteiger partial charge in [-0.3, -0.25) is 4.79 Å².